The third-order valence-electron chi connectivity index (χ3n) is 5.21. The number of likely N-dealkylation sites (tertiary alicyclic amines) is 1. The summed E-state index contributed by atoms with van der Waals surface area (Å²) in [6.07, 6.45) is 8.89. The van der Waals surface area contributed by atoms with Crippen molar-refractivity contribution >= 4 is 5.91 Å². The normalized spacial score (nSPS) is 23.8. The van der Waals surface area contributed by atoms with Gasteiger partial charge in [-0.3, -0.25) is 14.4 Å². The molecule has 122 valence electrons. The summed E-state index contributed by atoms with van der Waals surface area (Å²) in [5.74, 6) is 0.263. The van der Waals surface area contributed by atoms with Gasteiger partial charge >= 0.3 is 0 Å². The standard InChI is InChI=1S/C16H27N5O/c1-13(22)21(14-5-3-6-14)15-7-4-9-20(10-8-15)12-16-11-17-18-19(16)2/h11,14-15H,3-10,12H2,1-2H3/t15-/m1/s1. The molecule has 2 aliphatic rings. The van der Waals surface area contributed by atoms with Crippen LogP contribution >= 0.6 is 0 Å². The van der Waals surface area contributed by atoms with Gasteiger partial charge in [0.05, 0.1) is 11.9 Å². The molecule has 0 radical (unpaired) electrons. The van der Waals surface area contributed by atoms with Crippen LogP contribution in [-0.4, -0.2) is 55.9 Å². The van der Waals surface area contributed by atoms with Crippen molar-refractivity contribution in [2.45, 2.75) is 64.1 Å². The number of aromatic nitrogens is 3. The zero-order valence-corrected chi connectivity index (χ0v) is 13.7. The Balaban J connectivity index is 1.59. The molecule has 1 aromatic rings. The van der Waals surface area contributed by atoms with Gasteiger partial charge in [0.2, 0.25) is 5.91 Å². The highest BCUT2D eigenvalue weighted by Crippen LogP contribution is 2.30. The van der Waals surface area contributed by atoms with Crippen LogP contribution in [0.3, 0.4) is 0 Å². The first-order valence-corrected chi connectivity index (χ1v) is 8.50. The number of hydrogen-bond acceptors (Lipinski definition) is 4. The number of carbonyl (C=O) groups is 1. The molecular formula is C16H27N5O. The first kappa shape index (κ1) is 15.5. The van der Waals surface area contributed by atoms with E-state index in [1.807, 2.05) is 17.9 Å². The lowest BCUT2D eigenvalue weighted by Crippen LogP contribution is -2.49. The molecular weight excluding hydrogens is 278 g/mol. The van der Waals surface area contributed by atoms with E-state index in [9.17, 15) is 4.79 Å². The van der Waals surface area contributed by atoms with Gasteiger partial charge in [-0.1, -0.05) is 5.21 Å². The topological polar surface area (TPSA) is 54.3 Å². The molecule has 0 spiro atoms. The minimum atomic E-state index is 0.263. The third-order valence-corrected chi connectivity index (χ3v) is 5.21. The summed E-state index contributed by atoms with van der Waals surface area (Å²) in [6, 6.07) is 0.938. The molecule has 0 N–H and O–H groups in total. The van der Waals surface area contributed by atoms with Gasteiger partial charge in [-0.2, -0.15) is 0 Å². The maximum Gasteiger partial charge on any atom is 0.219 e. The van der Waals surface area contributed by atoms with E-state index in [1.54, 1.807) is 6.92 Å². The Labute approximate surface area is 132 Å². The van der Waals surface area contributed by atoms with E-state index in [2.05, 4.69) is 20.1 Å². The van der Waals surface area contributed by atoms with Crippen molar-refractivity contribution in [2.75, 3.05) is 13.1 Å². The van der Waals surface area contributed by atoms with Crippen LogP contribution in [0.2, 0.25) is 0 Å². The number of hydrogen-bond donors (Lipinski definition) is 0. The first-order chi connectivity index (χ1) is 10.6. The van der Waals surface area contributed by atoms with E-state index in [-0.39, 0.29) is 5.91 Å². The second-order valence-corrected chi connectivity index (χ2v) is 6.72. The molecule has 0 bridgehead atoms. The summed E-state index contributed by atoms with van der Waals surface area (Å²) < 4.78 is 1.85. The Bertz CT molecular complexity index is 510. The molecule has 1 amide bonds. The lowest BCUT2D eigenvalue weighted by atomic mass is 9.89. The first-order valence-electron chi connectivity index (χ1n) is 8.50. The fraction of sp³-hybridized carbons (Fsp3) is 0.812. The molecule has 1 aliphatic carbocycles. The Morgan fingerprint density at radius 2 is 1.95 bits per heavy atom. The summed E-state index contributed by atoms with van der Waals surface area (Å²) in [7, 11) is 1.94. The minimum Gasteiger partial charge on any atom is -0.337 e. The van der Waals surface area contributed by atoms with Crippen LogP contribution in [-0.2, 0) is 18.4 Å². The summed E-state index contributed by atoms with van der Waals surface area (Å²) in [4.78, 5) is 16.7. The molecule has 1 atom stereocenters. The van der Waals surface area contributed by atoms with Crippen LogP contribution in [0.4, 0.5) is 0 Å². The fourth-order valence-corrected chi connectivity index (χ4v) is 3.73. The number of rotatable bonds is 4. The van der Waals surface area contributed by atoms with Crippen LogP contribution in [0.1, 0.15) is 51.1 Å². The molecule has 1 aliphatic heterocycles. The van der Waals surface area contributed by atoms with Gasteiger partial charge in [0.25, 0.3) is 0 Å². The van der Waals surface area contributed by atoms with E-state index in [1.165, 1.54) is 19.3 Å². The highest BCUT2D eigenvalue weighted by atomic mass is 16.2. The molecule has 0 aromatic carbocycles. The number of aryl methyl sites for hydroxylation is 1. The van der Waals surface area contributed by atoms with Gasteiger partial charge < -0.3 is 4.90 Å². The average Bonchev–Trinajstić information content (AvgIpc) is 2.70. The molecule has 22 heavy (non-hydrogen) atoms. The summed E-state index contributed by atoms with van der Waals surface area (Å²) in [6.45, 7) is 4.78. The van der Waals surface area contributed by atoms with Gasteiger partial charge in [0, 0.05) is 39.1 Å². The monoisotopic (exact) mass is 305 g/mol. The smallest absolute Gasteiger partial charge is 0.219 e. The molecule has 1 saturated heterocycles. The van der Waals surface area contributed by atoms with Gasteiger partial charge in [0.1, 0.15) is 0 Å². The van der Waals surface area contributed by atoms with E-state index < -0.39 is 0 Å². The zero-order valence-electron chi connectivity index (χ0n) is 13.7. The number of amides is 1. The van der Waals surface area contributed by atoms with Gasteiger partial charge in [-0.25, -0.2) is 0 Å². The second-order valence-electron chi connectivity index (χ2n) is 6.72. The summed E-state index contributed by atoms with van der Waals surface area (Å²) in [5.41, 5.74) is 1.15. The highest BCUT2D eigenvalue weighted by Gasteiger charge is 2.33. The quantitative estimate of drug-likeness (QED) is 0.847. The summed E-state index contributed by atoms with van der Waals surface area (Å²) >= 11 is 0. The van der Waals surface area contributed by atoms with Crippen LogP contribution in [0.15, 0.2) is 6.20 Å². The Hall–Kier alpha value is -1.43. The maximum atomic E-state index is 12.1. The van der Waals surface area contributed by atoms with Crippen molar-refractivity contribution in [2.24, 2.45) is 7.05 Å². The SMILES string of the molecule is CC(=O)N(C1CCC1)[C@@H]1CCCN(Cc2cnnn2C)CC1. The zero-order chi connectivity index (χ0) is 15.5. The van der Waals surface area contributed by atoms with Gasteiger partial charge in [-0.05, 0) is 45.1 Å². The fourth-order valence-electron chi connectivity index (χ4n) is 3.73. The minimum absolute atomic E-state index is 0.263. The van der Waals surface area contributed by atoms with Crippen molar-refractivity contribution in [3.05, 3.63) is 11.9 Å². The van der Waals surface area contributed by atoms with Gasteiger partial charge in [0.15, 0.2) is 0 Å². The molecule has 2 heterocycles. The van der Waals surface area contributed by atoms with Crippen molar-refractivity contribution in [1.82, 2.24) is 24.8 Å². The van der Waals surface area contributed by atoms with Crippen molar-refractivity contribution in [3.63, 3.8) is 0 Å². The largest absolute Gasteiger partial charge is 0.337 e. The van der Waals surface area contributed by atoms with Crippen molar-refractivity contribution in [3.8, 4) is 0 Å². The molecule has 6 nitrogen and oxygen atoms in total. The lowest BCUT2D eigenvalue weighted by Gasteiger charge is -2.42. The summed E-state index contributed by atoms with van der Waals surface area (Å²) in [5, 5.41) is 7.95. The van der Waals surface area contributed by atoms with E-state index in [0.717, 1.165) is 44.6 Å². The van der Waals surface area contributed by atoms with E-state index in [4.69, 9.17) is 0 Å². The number of nitrogens with zero attached hydrogens (tertiary/aromatic N) is 5. The van der Waals surface area contributed by atoms with Crippen LogP contribution in [0, 0.1) is 0 Å². The predicted molar refractivity (Wildman–Crippen MR) is 84.1 cm³/mol. The predicted octanol–water partition coefficient (Wildman–Crippen LogP) is 1.57. The van der Waals surface area contributed by atoms with Crippen LogP contribution in [0.25, 0.3) is 0 Å². The molecule has 6 heteroatoms. The lowest BCUT2D eigenvalue weighted by molar-refractivity contribution is -0.136. The molecule has 1 aromatic heterocycles. The molecule has 2 fully saturated rings. The van der Waals surface area contributed by atoms with Crippen LogP contribution < -0.4 is 0 Å². The third kappa shape index (κ3) is 3.32. The molecule has 3 rings (SSSR count). The Morgan fingerprint density at radius 3 is 2.55 bits per heavy atom. The van der Waals surface area contributed by atoms with Crippen molar-refractivity contribution < 1.29 is 4.79 Å². The Morgan fingerprint density at radius 1 is 1.23 bits per heavy atom. The number of carbonyl (C=O) groups excluding carboxylic acids is 1. The average molecular weight is 305 g/mol. The van der Waals surface area contributed by atoms with Crippen LogP contribution in [0.5, 0.6) is 0 Å². The molecule has 0 unspecified atom stereocenters. The molecule has 1 saturated carbocycles. The maximum absolute atomic E-state index is 12.1. The van der Waals surface area contributed by atoms with Crippen molar-refractivity contribution in [1.29, 1.82) is 0 Å². The second kappa shape index (κ2) is 6.77. The van der Waals surface area contributed by atoms with E-state index >= 15 is 0 Å². The van der Waals surface area contributed by atoms with E-state index in [0.29, 0.717) is 12.1 Å². The Kier molecular flexibility index (Phi) is 4.76. The highest BCUT2D eigenvalue weighted by molar-refractivity contribution is 5.74. The van der Waals surface area contributed by atoms with Gasteiger partial charge in [-0.15, -0.1) is 5.10 Å².